The molecule has 124 valence electrons. The summed E-state index contributed by atoms with van der Waals surface area (Å²) >= 11 is 0. The number of ether oxygens (including phenoxy) is 1. The van der Waals surface area contributed by atoms with E-state index in [4.69, 9.17) is 4.74 Å². The van der Waals surface area contributed by atoms with Crippen molar-refractivity contribution in [2.24, 2.45) is 0 Å². The second-order valence-corrected chi connectivity index (χ2v) is 6.26. The summed E-state index contributed by atoms with van der Waals surface area (Å²) in [6, 6.07) is 5.69. The lowest BCUT2D eigenvalue weighted by Gasteiger charge is -2.09. The maximum absolute atomic E-state index is 12.1. The van der Waals surface area contributed by atoms with Crippen molar-refractivity contribution in [3.05, 3.63) is 36.9 Å². The zero-order chi connectivity index (χ0) is 16.7. The summed E-state index contributed by atoms with van der Waals surface area (Å²) < 4.78 is 30.3. The van der Waals surface area contributed by atoms with E-state index < -0.39 is 16.1 Å². The average molecular weight is 339 g/mol. The van der Waals surface area contributed by atoms with Crippen LogP contribution in [0.15, 0.2) is 41.8 Å². The largest absolute Gasteiger partial charge is 0.449 e. The quantitative estimate of drug-likeness (QED) is 0.740. The van der Waals surface area contributed by atoms with Gasteiger partial charge < -0.3 is 4.74 Å². The molecule has 1 amide bonds. The van der Waals surface area contributed by atoms with Gasteiger partial charge in [0.05, 0.1) is 11.5 Å². The van der Waals surface area contributed by atoms with Gasteiger partial charge in [0.1, 0.15) is 12.7 Å². The Morgan fingerprint density at radius 2 is 1.87 bits per heavy atom. The molecule has 0 radical (unpaired) electrons. The Bertz CT molecular complexity index is 728. The molecule has 10 heteroatoms. The first-order valence-corrected chi connectivity index (χ1v) is 8.41. The minimum atomic E-state index is -3.76. The monoisotopic (exact) mass is 339 g/mol. The van der Waals surface area contributed by atoms with Crippen LogP contribution in [-0.2, 0) is 14.8 Å². The van der Waals surface area contributed by atoms with Crippen molar-refractivity contribution in [1.82, 2.24) is 14.9 Å². The number of hydrogen-bond donors (Lipinski definition) is 2. The Morgan fingerprint density at radius 1 is 1.22 bits per heavy atom. The van der Waals surface area contributed by atoms with Gasteiger partial charge >= 0.3 is 6.09 Å². The summed E-state index contributed by atoms with van der Waals surface area (Å²) in [5, 5.41) is 9.53. The van der Waals surface area contributed by atoms with Crippen LogP contribution >= 0.6 is 0 Å². The molecule has 1 aromatic heterocycles. The Balaban J connectivity index is 1.97. The molecule has 0 fully saturated rings. The number of hydrogen-bond acceptors (Lipinski definition) is 6. The van der Waals surface area contributed by atoms with E-state index in [2.05, 4.69) is 20.3 Å². The van der Waals surface area contributed by atoms with E-state index in [0.29, 0.717) is 12.3 Å². The fourth-order valence-electron chi connectivity index (χ4n) is 1.62. The second-order valence-electron chi connectivity index (χ2n) is 4.60. The van der Waals surface area contributed by atoms with E-state index in [1.165, 1.54) is 36.9 Å². The number of rotatable bonds is 7. The first-order chi connectivity index (χ1) is 11.0. The van der Waals surface area contributed by atoms with Crippen molar-refractivity contribution in [2.75, 3.05) is 16.8 Å². The first-order valence-electron chi connectivity index (χ1n) is 6.92. The highest BCUT2D eigenvalue weighted by Crippen LogP contribution is 2.14. The second kappa shape index (κ2) is 7.58. The van der Waals surface area contributed by atoms with Gasteiger partial charge in [-0.25, -0.2) is 14.3 Å². The lowest BCUT2D eigenvalue weighted by molar-refractivity contribution is 0.160. The van der Waals surface area contributed by atoms with Crippen molar-refractivity contribution >= 4 is 21.8 Å². The maximum atomic E-state index is 12.1. The molecule has 0 unspecified atom stereocenters. The van der Waals surface area contributed by atoms with Gasteiger partial charge in [-0.15, -0.1) is 10.2 Å². The van der Waals surface area contributed by atoms with Gasteiger partial charge in [0.25, 0.3) is 10.0 Å². The third-order valence-electron chi connectivity index (χ3n) is 2.79. The predicted octanol–water partition coefficient (Wildman–Crippen LogP) is 1.56. The zero-order valence-corrected chi connectivity index (χ0v) is 13.3. The molecule has 0 saturated heterocycles. The summed E-state index contributed by atoms with van der Waals surface area (Å²) in [6.07, 6.45) is 3.59. The molecular formula is C13H17N5O4S. The minimum Gasteiger partial charge on any atom is -0.449 e. The number of nitrogens with one attached hydrogen (secondary N) is 2. The number of carbonyl (C=O) groups excluding carboxylic acids is 1. The third kappa shape index (κ3) is 4.95. The Labute approximate surface area is 133 Å². The van der Waals surface area contributed by atoms with Crippen LogP contribution in [0.3, 0.4) is 0 Å². The van der Waals surface area contributed by atoms with Crippen LogP contribution in [0.25, 0.3) is 0 Å². The van der Waals surface area contributed by atoms with E-state index in [0.717, 1.165) is 17.5 Å². The topological polar surface area (TPSA) is 115 Å². The van der Waals surface area contributed by atoms with Gasteiger partial charge in [-0.2, -0.15) is 8.42 Å². The van der Waals surface area contributed by atoms with Crippen LogP contribution in [0.2, 0.25) is 0 Å². The van der Waals surface area contributed by atoms with Gasteiger partial charge in [-0.1, -0.05) is 13.3 Å². The molecule has 0 saturated carbocycles. The lowest BCUT2D eigenvalue weighted by atomic mass is 10.3. The lowest BCUT2D eigenvalue weighted by Crippen LogP contribution is -2.22. The van der Waals surface area contributed by atoms with E-state index in [1.807, 2.05) is 6.92 Å². The fourth-order valence-corrected chi connectivity index (χ4v) is 2.59. The van der Waals surface area contributed by atoms with Gasteiger partial charge in [0, 0.05) is 5.69 Å². The van der Waals surface area contributed by atoms with Crippen LogP contribution in [0.5, 0.6) is 0 Å². The molecule has 0 aliphatic heterocycles. The fraction of sp³-hybridized carbons (Fsp3) is 0.308. The van der Waals surface area contributed by atoms with E-state index in [-0.39, 0.29) is 4.90 Å². The Hall–Kier alpha value is -2.62. The van der Waals surface area contributed by atoms with Crippen molar-refractivity contribution in [3.8, 4) is 0 Å². The molecule has 2 rings (SSSR count). The van der Waals surface area contributed by atoms with Crippen molar-refractivity contribution in [1.29, 1.82) is 0 Å². The summed E-state index contributed by atoms with van der Waals surface area (Å²) in [7, 11) is -3.76. The number of amides is 1. The maximum Gasteiger partial charge on any atom is 0.411 e. The number of aromatic nitrogens is 3. The zero-order valence-electron chi connectivity index (χ0n) is 12.5. The summed E-state index contributed by atoms with van der Waals surface area (Å²) in [6.45, 7) is 2.34. The average Bonchev–Trinajstić information content (AvgIpc) is 3.00. The first kappa shape index (κ1) is 16.7. The van der Waals surface area contributed by atoms with E-state index in [1.54, 1.807) is 0 Å². The van der Waals surface area contributed by atoms with Gasteiger partial charge in [-0.3, -0.25) is 5.32 Å². The highest BCUT2D eigenvalue weighted by Gasteiger charge is 2.14. The highest BCUT2D eigenvalue weighted by atomic mass is 32.2. The molecule has 0 bridgehead atoms. The molecule has 0 spiro atoms. The van der Waals surface area contributed by atoms with E-state index in [9.17, 15) is 13.2 Å². The van der Waals surface area contributed by atoms with Gasteiger partial charge in [0.15, 0.2) is 0 Å². The molecule has 9 nitrogen and oxygen atoms in total. The van der Waals surface area contributed by atoms with E-state index >= 15 is 0 Å². The predicted molar refractivity (Wildman–Crippen MR) is 82.9 cm³/mol. The van der Waals surface area contributed by atoms with Gasteiger partial charge in [0.2, 0.25) is 0 Å². The Kier molecular flexibility index (Phi) is 5.52. The number of anilines is 1. The highest BCUT2D eigenvalue weighted by molar-refractivity contribution is 7.92. The number of sulfonamides is 1. The third-order valence-corrected chi connectivity index (χ3v) is 4.13. The van der Waals surface area contributed by atoms with Crippen molar-refractivity contribution in [3.63, 3.8) is 0 Å². The van der Waals surface area contributed by atoms with Gasteiger partial charge in [-0.05, 0) is 30.7 Å². The van der Waals surface area contributed by atoms with Crippen LogP contribution in [0.1, 0.15) is 19.8 Å². The van der Waals surface area contributed by atoms with Crippen LogP contribution in [0.4, 0.5) is 10.5 Å². The number of nitrogens with zero attached hydrogens (tertiary/aromatic N) is 3. The Morgan fingerprint density at radius 3 is 2.48 bits per heavy atom. The molecule has 1 aromatic carbocycles. The van der Waals surface area contributed by atoms with Crippen LogP contribution < -0.4 is 10.1 Å². The number of benzene rings is 1. The molecule has 23 heavy (non-hydrogen) atoms. The SMILES string of the molecule is CCCCOC(=O)Nc1ccc(S(=O)(=O)Nn2cnnc2)cc1. The van der Waals surface area contributed by atoms with Crippen molar-refractivity contribution in [2.45, 2.75) is 24.7 Å². The summed E-state index contributed by atoms with van der Waals surface area (Å²) in [4.78, 5) is 13.8. The normalized spacial score (nSPS) is 11.0. The number of unbranched alkanes of at least 4 members (excludes halogenated alkanes) is 1. The molecule has 2 aromatic rings. The van der Waals surface area contributed by atoms with Crippen LogP contribution in [-0.4, -0.2) is 36.0 Å². The van der Waals surface area contributed by atoms with Crippen LogP contribution in [0, 0.1) is 0 Å². The summed E-state index contributed by atoms with van der Waals surface area (Å²) in [5.74, 6) is 0. The van der Waals surface area contributed by atoms with Crippen molar-refractivity contribution < 1.29 is 17.9 Å². The standard InChI is InChI=1S/C13H17N5O4S/c1-2-3-8-22-13(19)16-11-4-6-12(7-5-11)23(20,21)17-18-9-14-15-10-18/h4-7,9-10,17H,2-3,8H2,1H3,(H,16,19). The molecular weight excluding hydrogens is 322 g/mol. The summed E-state index contributed by atoms with van der Waals surface area (Å²) in [5.41, 5.74) is 0.440. The molecule has 2 N–H and O–H groups in total. The minimum absolute atomic E-state index is 0.0381. The molecule has 0 aliphatic carbocycles. The smallest absolute Gasteiger partial charge is 0.411 e. The molecule has 1 heterocycles. The molecule has 0 aliphatic rings. The number of carbonyl (C=O) groups is 1. The molecule has 0 atom stereocenters.